The monoisotopic (exact) mass is 328 g/mol. The Morgan fingerprint density at radius 2 is 1.85 bits per heavy atom. The van der Waals surface area contributed by atoms with Crippen LogP contribution in [-0.2, 0) is 6.54 Å². The average molecular weight is 329 g/mol. The van der Waals surface area contributed by atoms with Crippen molar-refractivity contribution in [1.82, 2.24) is 4.98 Å². The first-order valence-electron chi connectivity index (χ1n) is 6.29. The Morgan fingerprint density at radius 3 is 2.65 bits per heavy atom. The molecule has 0 amide bonds. The highest BCUT2D eigenvalue weighted by Crippen LogP contribution is 2.25. The molecular weight excluding hydrogens is 316 g/mol. The van der Waals surface area contributed by atoms with Gasteiger partial charge in [-0.1, -0.05) is 28.1 Å². The van der Waals surface area contributed by atoms with Crippen molar-refractivity contribution in [2.24, 2.45) is 0 Å². The van der Waals surface area contributed by atoms with Crippen molar-refractivity contribution < 1.29 is 5.11 Å². The Morgan fingerprint density at radius 1 is 1.05 bits per heavy atom. The van der Waals surface area contributed by atoms with E-state index in [0.29, 0.717) is 6.54 Å². The van der Waals surface area contributed by atoms with Crippen molar-refractivity contribution in [3.05, 3.63) is 64.8 Å². The molecule has 0 bridgehead atoms. The molecule has 20 heavy (non-hydrogen) atoms. The molecule has 0 atom stereocenters. The van der Waals surface area contributed by atoms with Crippen LogP contribution in [0.1, 0.15) is 5.56 Å². The van der Waals surface area contributed by atoms with Crippen molar-refractivity contribution in [3.63, 3.8) is 0 Å². The number of fused-ring (bicyclic) bond motifs is 1. The van der Waals surface area contributed by atoms with Crippen LogP contribution in [0.3, 0.4) is 0 Å². The number of phenolic OH excluding ortho intramolecular Hbond substituents is 1. The van der Waals surface area contributed by atoms with Gasteiger partial charge in [-0.15, -0.1) is 0 Å². The van der Waals surface area contributed by atoms with Crippen LogP contribution in [-0.4, -0.2) is 10.1 Å². The summed E-state index contributed by atoms with van der Waals surface area (Å²) >= 11 is 3.55. The number of anilines is 1. The zero-order chi connectivity index (χ0) is 13.9. The number of benzene rings is 2. The van der Waals surface area contributed by atoms with Gasteiger partial charge in [0.25, 0.3) is 0 Å². The van der Waals surface area contributed by atoms with E-state index in [1.807, 2.05) is 24.3 Å². The topological polar surface area (TPSA) is 45.1 Å². The van der Waals surface area contributed by atoms with E-state index in [1.165, 1.54) is 0 Å². The average Bonchev–Trinajstić information content (AvgIpc) is 2.49. The summed E-state index contributed by atoms with van der Waals surface area (Å²) in [5, 5.41) is 13.7. The van der Waals surface area contributed by atoms with Gasteiger partial charge in [0.1, 0.15) is 5.75 Å². The third-order valence-electron chi connectivity index (χ3n) is 3.15. The summed E-state index contributed by atoms with van der Waals surface area (Å²) in [4.78, 5) is 4.46. The highest BCUT2D eigenvalue weighted by molar-refractivity contribution is 9.10. The minimum atomic E-state index is 0.270. The predicted molar refractivity (Wildman–Crippen MR) is 84.9 cm³/mol. The third kappa shape index (κ3) is 2.60. The maximum Gasteiger partial charge on any atom is 0.115 e. The molecule has 0 fully saturated rings. The number of hydrogen-bond donors (Lipinski definition) is 2. The first-order chi connectivity index (χ1) is 9.74. The molecule has 0 saturated heterocycles. The molecule has 0 aliphatic heterocycles. The molecule has 0 radical (unpaired) electrons. The number of phenols is 1. The van der Waals surface area contributed by atoms with Gasteiger partial charge >= 0.3 is 0 Å². The Bertz CT molecular complexity index is 741. The molecule has 0 unspecified atom stereocenters. The first kappa shape index (κ1) is 12.9. The van der Waals surface area contributed by atoms with E-state index in [2.05, 4.69) is 38.4 Å². The molecule has 3 rings (SSSR count). The van der Waals surface area contributed by atoms with Gasteiger partial charge in [0, 0.05) is 28.3 Å². The number of nitrogens with zero attached hydrogens (tertiary/aromatic N) is 1. The van der Waals surface area contributed by atoms with E-state index in [9.17, 15) is 5.11 Å². The second-order valence-electron chi connectivity index (χ2n) is 4.51. The van der Waals surface area contributed by atoms with Crippen LogP contribution in [0.25, 0.3) is 10.9 Å². The van der Waals surface area contributed by atoms with E-state index in [0.717, 1.165) is 26.6 Å². The lowest BCUT2D eigenvalue weighted by atomic mass is 10.1. The normalized spacial score (nSPS) is 10.7. The third-order valence-corrected chi connectivity index (χ3v) is 3.84. The molecule has 0 aliphatic carbocycles. The summed E-state index contributed by atoms with van der Waals surface area (Å²) in [5.74, 6) is 0.270. The van der Waals surface area contributed by atoms with Crippen LogP contribution in [0.4, 0.5) is 5.69 Å². The molecule has 0 spiro atoms. The molecule has 4 heteroatoms. The summed E-state index contributed by atoms with van der Waals surface area (Å²) < 4.78 is 1.05. The van der Waals surface area contributed by atoms with Gasteiger partial charge in [0.15, 0.2) is 0 Å². The number of nitrogens with one attached hydrogen (secondary N) is 1. The summed E-state index contributed by atoms with van der Waals surface area (Å²) in [5.41, 5.74) is 3.10. The zero-order valence-electron chi connectivity index (χ0n) is 10.7. The molecule has 1 aromatic heterocycles. The van der Waals surface area contributed by atoms with Crippen LogP contribution < -0.4 is 5.32 Å². The largest absolute Gasteiger partial charge is 0.508 e. The SMILES string of the molecule is Oc1ccc(NCc2ccc(Br)c3cccnc23)cc1. The Kier molecular flexibility index (Phi) is 3.56. The van der Waals surface area contributed by atoms with Crippen molar-refractivity contribution in [3.8, 4) is 5.75 Å². The van der Waals surface area contributed by atoms with E-state index < -0.39 is 0 Å². The number of aromatic nitrogens is 1. The minimum Gasteiger partial charge on any atom is -0.508 e. The Balaban J connectivity index is 1.88. The lowest BCUT2D eigenvalue weighted by molar-refractivity contribution is 0.475. The molecular formula is C16H13BrN2O. The fraction of sp³-hybridized carbons (Fsp3) is 0.0625. The van der Waals surface area contributed by atoms with Crippen molar-refractivity contribution in [2.45, 2.75) is 6.54 Å². The van der Waals surface area contributed by atoms with E-state index in [-0.39, 0.29) is 5.75 Å². The van der Waals surface area contributed by atoms with Crippen LogP contribution in [0, 0.1) is 0 Å². The maximum atomic E-state index is 9.27. The molecule has 3 aromatic rings. The van der Waals surface area contributed by atoms with E-state index in [1.54, 1.807) is 18.3 Å². The van der Waals surface area contributed by atoms with Gasteiger partial charge < -0.3 is 10.4 Å². The molecule has 0 saturated carbocycles. The molecule has 2 aromatic carbocycles. The van der Waals surface area contributed by atoms with Gasteiger partial charge in [-0.3, -0.25) is 4.98 Å². The first-order valence-corrected chi connectivity index (χ1v) is 7.08. The van der Waals surface area contributed by atoms with Gasteiger partial charge in [-0.25, -0.2) is 0 Å². The van der Waals surface area contributed by atoms with Gasteiger partial charge in [-0.05, 0) is 42.0 Å². The molecule has 3 nitrogen and oxygen atoms in total. The van der Waals surface area contributed by atoms with Crippen LogP contribution in [0.2, 0.25) is 0 Å². The minimum absolute atomic E-state index is 0.270. The summed E-state index contributed by atoms with van der Waals surface area (Å²) in [6.45, 7) is 0.686. The van der Waals surface area contributed by atoms with Gasteiger partial charge in [0.2, 0.25) is 0 Å². The standard InChI is InChI=1S/C16H13BrN2O/c17-15-8-3-11(16-14(15)2-1-9-18-16)10-19-12-4-6-13(20)7-5-12/h1-9,19-20H,10H2. The highest BCUT2D eigenvalue weighted by Gasteiger charge is 2.05. The fourth-order valence-electron chi connectivity index (χ4n) is 2.12. The highest BCUT2D eigenvalue weighted by atomic mass is 79.9. The lowest BCUT2D eigenvalue weighted by Crippen LogP contribution is -2.00. The number of halogens is 1. The van der Waals surface area contributed by atoms with Crippen molar-refractivity contribution in [1.29, 1.82) is 0 Å². The lowest BCUT2D eigenvalue weighted by Gasteiger charge is -2.10. The number of hydrogen-bond acceptors (Lipinski definition) is 3. The van der Waals surface area contributed by atoms with Crippen molar-refractivity contribution >= 4 is 32.5 Å². The second-order valence-corrected chi connectivity index (χ2v) is 5.36. The second kappa shape index (κ2) is 5.51. The van der Waals surface area contributed by atoms with Gasteiger partial charge in [-0.2, -0.15) is 0 Å². The predicted octanol–water partition coefficient (Wildman–Crippen LogP) is 4.32. The zero-order valence-corrected chi connectivity index (χ0v) is 12.3. The Hall–Kier alpha value is -2.07. The molecule has 100 valence electrons. The van der Waals surface area contributed by atoms with Crippen LogP contribution in [0.15, 0.2) is 59.2 Å². The van der Waals surface area contributed by atoms with Crippen LogP contribution >= 0.6 is 15.9 Å². The summed E-state index contributed by atoms with van der Waals surface area (Å²) in [6, 6.07) is 15.1. The number of pyridine rings is 1. The Labute approximate surface area is 125 Å². The summed E-state index contributed by atoms with van der Waals surface area (Å²) in [6.07, 6.45) is 1.80. The van der Waals surface area contributed by atoms with Crippen molar-refractivity contribution in [2.75, 3.05) is 5.32 Å². The molecule has 0 aliphatic rings. The molecule has 1 heterocycles. The van der Waals surface area contributed by atoms with E-state index in [4.69, 9.17) is 0 Å². The van der Waals surface area contributed by atoms with Crippen LogP contribution in [0.5, 0.6) is 5.75 Å². The van der Waals surface area contributed by atoms with Gasteiger partial charge in [0.05, 0.1) is 5.52 Å². The fourth-order valence-corrected chi connectivity index (χ4v) is 2.57. The smallest absolute Gasteiger partial charge is 0.115 e. The quantitative estimate of drug-likeness (QED) is 0.704. The van der Waals surface area contributed by atoms with E-state index >= 15 is 0 Å². The number of rotatable bonds is 3. The maximum absolute atomic E-state index is 9.27. The summed E-state index contributed by atoms with van der Waals surface area (Å²) in [7, 11) is 0. The molecule has 2 N–H and O–H groups in total. The number of aromatic hydroxyl groups is 1.